The maximum Gasteiger partial charge on any atom is 0.586 e. The SMILES string of the molecule is O=C(CC(F)(F)F)Nc1ccc(-c2cc3c(cc2Cl)OC(F)(F)O3)cn1. The number of fused-ring (bicyclic) bond motifs is 1. The van der Waals surface area contributed by atoms with Gasteiger partial charge in [-0.1, -0.05) is 11.6 Å². The van der Waals surface area contributed by atoms with Crippen molar-refractivity contribution in [3.8, 4) is 22.6 Å². The lowest BCUT2D eigenvalue weighted by Gasteiger charge is -2.09. The van der Waals surface area contributed by atoms with Gasteiger partial charge in [0, 0.05) is 23.4 Å². The summed E-state index contributed by atoms with van der Waals surface area (Å²) in [6.07, 6.45) is -8.86. The lowest BCUT2D eigenvalue weighted by molar-refractivity contribution is -0.286. The van der Waals surface area contributed by atoms with Crippen LogP contribution in [-0.2, 0) is 4.79 Å². The molecule has 11 heteroatoms. The van der Waals surface area contributed by atoms with E-state index in [9.17, 15) is 26.7 Å². The molecule has 3 rings (SSSR count). The fraction of sp³-hybridized carbons (Fsp3) is 0.200. The highest BCUT2D eigenvalue weighted by Crippen LogP contribution is 2.46. The largest absolute Gasteiger partial charge is 0.586 e. The number of benzene rings is 1. The number of carbonyl (C=O) groups excluding carboxylic acids is 1. The highest BCUT2D eigenvalue weighted by molar-refractivity contribution is 6.33. The summed E-state index contributed by atoms with van der Waals surface area (Å²) in [7, 11) is 0. The van der Waals surface area contributed by atoms with E-state index in [4.69, 9.17) is 11.6 Å². The van der Waals surface area contributed by atoms with Gasteiger partial charge in [-0.3, -0.25) is 4.79 Å². The number of hydrogen-bond acceptors (Lipinski definition) is 4. The van der Waals surface area contributed by atoms with Crippen molar-refractivity contribution in [2.75, 3.05) is 5.32 Å². The van der Waals surface area contributed by atoms with Crippen LogP contribution < -0.4 is 14.8 Å². The Morgan fingerprint density at radius 3 is 2.42 bits per heavy atom. The number of ether oxygens (including phenoxy) is 2. The first-order valence-electron chi connectivity index (χ1n) is 6.95. The molecule has 1 aromatic carbocycles. The van der Waals surface area contributed by atoms with Crippen LogP contribution in [0, 0.1) is 0 Å². The molecule has 5 nitrogen and oxygen atoms in total. The Morgan fingerprint density at radius 2 is 1.85 bits per heavy atom. The van der Waals surface area contributed by atoms with Crippen molar-refractivity contribution >= 4 is 23.3 Å². The standard InChI is InChI=1S/C15H8ClF5N2O3/c16-9-4-11-10(25-15(20,21)26-11)3-8(9)7-1-2-12(22-6-7)23-13(24)5-14(17,18)19/h1-4,6H,5H2,(H,22,23,24). The fourth-order valence-corrected chi connectivity index (χ4v) is 2.45. The molecule has 1 aliphatic heterocycles. The lowest BCUT2D eigenvalue weighted by atomic mass is 10.1. The van der Waals surface area contributed by atoms with Crippen LogP contribution in [0.25, 0.3) is 11.1 Å². The quantitative estimate of drug-likeness (QED) is 0.772. The topological polar surface area (TPSA) is 60.5 Å². The van der Waals surface area contributed by atoms with Crippen molar-refractivity contribution in [1.82, 2.24) is 4.98 Å². The number of nitrogens with zero attached hydrogens (tertiary/aromatic N) is 1. The first-order valence-corrected chi connectivity index (χ1v) is 7.33. The molecule has 26 heavy (non-hydrogen) atoms. The van der Waals surface area contributed by atoms with Crippen LogP contribution in [0.4, 0.5) is 27.8 Å². The summed E-state index contributed by atoms with van der Waals surface area (Å²) in [6, 6.07) is 5.01. The van der Waals surface area contributed by atoms with E-state index in [0.717, 1.165) is 6.07 Å². The van der Waals surface area contributed by atoms with Gasteiger partial charge in [-0.15, -0.1) is 8.78 Å². The van der Waals surface area contributed by atoms with E-state index in [1.54, 1.807) is 0 Å². The minimum Gasteiger partial charge on any atom is -0.395 e. The summed E-state index contributed by atoms with van der Waals surface area (Å²) < 4.78 is 71.2. The average Bonchev–Trinajstić information content (AvgIpc) is 2.78. The highest BCUT2D eigenvalue weighted by Gasteiger charge is 2.43. The predicted octanol–water partition coefficient (Wildman–Crippen LogP) is 4.61. The summed E-state index contributed by atoms with van der Waals surface area (Å²) >= 11 is 6.03. The molecule has 0 bridgehead atoms. The van der Waals surface area contributed by atoms with Crippen LogP contribution in [0.5, 0.6) is 11.5 Å². The Morgan fingerprint density at radius 1 is 1.19 bits per heavy atom. The summed E-state index contributed by atoms with van der Waals surface area (Å²) in [6.45, 7) is 0. The van der Waals surface area contributed by atoms with Crippen LogP contribution in [0.1, 0.15) is 6.42 Å². The number of hydrogen-bond donors (Lipinski definition) is 1. The monoisotopic (exact) mass is 394 g/mol. The van der Waals surface area contributed by atoms with Gasteiger partial charge >= 0.3 is 12.5 Å². The van der Waals surface area contributed by atoms with Crippen LogP contribution in [0.3, 0.4) is 0 Å². The van der Waals surface area contributed by atoms with Crippen molar-refractivity contribution in [2.24, 2.45) is 0 Å². The number of anilines is 1. The zero-order chi connectivity index (χ0) is 19.1. The molecular formula is C15H8ClF5N2O3. The van der Waals surface area contributed by atoms with Crippen LogP contribution in [0.15, 0.2) is 30.5 Å². The van der Waals surface area contributed by atoms with Crippen LogP contribution >= 0.6 is 11.6 Å². The first kappa shape index (κ1) is 18.2. The van der Waals surface area contributed by atoms with E-state index in [2.05, 4.69) is 14.5 Å². The van der Waals surface area contributed by atoms with E-state index < -0.39 is 24.8 Å². The molecule has 138 valence electrons. The molecule has 1 N–H and O–H groups in total. The summed E-state index contributed by atoms with van der Waals surface area (Å²) in [5.74, 6) is -1.82. The molecule has 1 aromatic heterocycles. The van der Waals surface area contributed by atoms with Crippen molar-refractivity contribution < 1.29 is 36.2 Å². The molecule has 0 fully saturated rings. The Balaban J connectivity index is 1.79. The van der Waals surface area contributed by atoms with Gasteiger partial charge in [0.2, 0.25) is 5.91 Å². The predicted molar refractivity (Wildman–Crippen MR) is 80.2 cm³/mol. The maximum atomic E-state index is 13.1. The van der Waals surface area contributed by atoms with Gasteiger partial charge in [0.25, 0.3) is 0 Å². The normalized spacial score (nSPS) is 15.0. The molecule has 0 radical (unpaired) electrons. The maximum absolute atomic E-state index is 13.1. The van der Waals surface area contributed by atoms with Gasteiger partial charge in [0.15, 0.2) is 11.5 Å². The van der Waals surface area contributed by atoms with Crippen molar-refractivity contribution in [2.45, 2.75) is 18.9 Å². The Bertz CT molecular complexity index is 856. The first-order chi connectivity index (χ1) is 12.0. The molecular weight excluding hydrogens is 387 g/mol. The average molecular weight is 395 g/mol. The third-order valence-corrected chi connectivity index (χ3v) is 3.51. The molecule has 0 unspecified atom stereocenters. The second-order valence-electron chi connectivity index (χ2n) is 5.22. The molecule has 0 aliphatic carbocycles. The van der Waals surface area contributed by atoms with Gasteiger partial charge in [-0.2, -0.15) is 13.2 Å². The third kappa shape index (κ3) is 4.13. The van der Waals surface area contributed by atoms with Crippen LogP contribution in [0.2, 0.25) is 5.02 Å². The zero-order valence-corrected chi connectivity index (χ0v) is 13.3. The Kier molecular flexibility index (Phi) is 4.39. The molecule has 1 amide bonds. The minimum absolute atomic E-state index is 0.0701. The van der Waals surface area contributed by atoms with Crippen molar-refractivity contribution in [3.63, 3.8) is 0 Å². The molecule has 2 heterocycles. The number of carbonyl (C=O) groups is 1. The Hall–Kier alpha value is -2.62. The van der Waals surface area contributed by atoms with E-state index in [1.807, 2.05) is 5.32 Å². The van der Waals surface area contributed by atoms with Gasteiger partial charge in [-0.05, 0) is 18.2 Å². The molecule has 0 spiro atoms. The molecule has 1 aliphatic rings. The second kappa shape index (κ2) is 6.27. The number of amides is 1. The van der Waals surface area contributed by atoms with E-state index in [0.29, 0.717) is 5.56 Å². The van der Waals surface area contributed by atoms with Crippen molar-refractivity contribution in [1.29, 1.82) is 0 Å². The van der Waals surface area contributed by atoms with E-state index >= 15 is 0 Å². The number of pyridine rings is 1. The third-order valence-electron chi connectivity index (χ3n) is 3.19. The fourth-order valence-electron chi connectivity index (χ4n) is 2.19. The Labute approximate surface area is 147 Å². The summed E-state index contributed by atoms with van der Waals surface area (Å²) in [5, 5.41) is 2.07. The summed E-state index contributed by atoms with van der Waals surface area (Å²) in [5.41, 5.74) is 0.651. The minimum atomic E-state index is -4.63. The number of rotatable bonds is 3. The molecule has 2 aromatic rings. The van der Waals surface area contributed by atoms with Gasteiger partial charge < -0.3 is 14.8 Å². The lowest BCUT2D eigenvalue weighted by Crippen LogP contribution is -2.25. The van der Waals surface area contributed by atoms with Crippen molar-refractivity contribution in [3.05, 3.63) is 35.5 Å². The number of aromatic nitrogens is 1. The zero-order valence-electron chi connectivity index (χ0n) is 12.5. The smallest absolute Gasteiger partial charge is 0.395 e. The number of halogens is 6. The highest BCUT2D eigenvalue weighted by atomic mass is 35.5. The molecule has 0 saturated carbocycles. The second-order valence-corrected chi connectivity index (χ2v) is 5.63. The number of alkyl halides is 5. The van der Waals surface area contributed by atoms with E-state index in [-0.39, 0.29) is 27.9 Å². The van der Waals surface area contributed by atoms with E-state index in [1.165, 1.54) is 24.4 Å². The van der Waals surface area contributed by atoms with Gasteiger partial charge in [0.1, 0.15) is 12.2 Å². The molecule has 0 atom stereocenters. The van der Waals surface area contributed by atoms with Gasteiger partial charge in [-0.25, -0.2) is 4.98 Å². The molecule has 0 saturated heterocycles. The van der Waals surface area contributed by atoms with Crippen LogP contribution in [-0.4, -0.2) is 23.4 Å². The number of nitrogens with one attached hydrogen (secondary N) is 1. The summed E-state index contributed by atoms with van der Waals surface area (Å²) in [4.78, 5) is 15.0. The van der Waals surface area contributed by atoms with Gasteiger partial charge in [0.05, 0.1) is 5.02 Å².